The molecule has 1 heterocycles. The molecule has 0 radical (unpaired) electrons. The number of anilines is 1. The van der Waals surface area contributed by atoms with Crippen LogP contribution in [0.3, 0.4) is 0 Å². The van der Waals surface area contributed by atoms with E-state index in [2.05, 4.69) is 24.4 Å². The number of hydrogen-bond donors (Lipinski definition) is 2. The summed E-state index contributed by atoms with van der Waals surface area (Å²) < 4.78 is 0. The largest absolute Gasteiger partial charge is 0.481 e. The second-order valence-corrected chi connectivity index (χ2v) is 5.61. The predicted molar refractivity (Wildman–Crippen MR) is 68.4 cm³/mol. The maximum Gasteiger partial charge on any atom is 0.309 e. The summed E-state index contributed by atoms with van der Waals surface area (Å²) in [6.45, 7) is 5.68. The maximum atomic E-state index is 11.1. The van der Waals surface area contributed by atoms with Crippen molar-refractivity contribution in [2.75, 3.05) is 5.32 Å². The molecule has 0 spiro atoms. The third kappa shape index (κ3) is 2.43. The van der Waals surface area contributed by atoms with Crippen molar-refractivity contribution in [2.24, 2.45) is 5.41 Å². The normalized spacial score (nSPS) is 18.6. The van der Waals surface area contributed by atoms with E-state index in [9.17, 15) is 4.79 Å². The van der Waals surface area contributed by atoms with Crippen molar-refractivity contribution in [2.45, 2.75) is 39.7 Å². The Morgan fingerprint density at radius 2 is 2.24 bits per heavy atom. The molecule has 2 N–H and O–H groups in total. The van der Waals surface area contributed by atoms with Crippen LogP contribution in [0.2, 0.25) is 0 Å². The Morgan fingerprint density at radius 3 is 2.88 bits per heavy atom. The van der Waals surface area contributed by atoms with Crippen LogP contribution in [-0.2, 0) is 17.6 Å². The highest BCUT2D eigenvalue weighted by atomic mass is 16.4. The van der Waals surface area contributed by atoms with E-state index in [-0.39, 0.29) is 0 Å². The van der Waals surface area contributed by atoms with E-state index in [1.54, 1.807) is 13.8 Å². The standard InChI is InChI=1S/C14H19NO2/c1-9-6-11-5-4-10(7-12(11)15-9)8-14(2,3)13(16)17/h4-5,7,9,15H,6,8H2,1-3H3,(H,16,17). The second kappa shape index (κ2) is 4.06. The molecular formula is C14H19NO2. The highest BCUT2D eigenvalue weighted by Gasteiger charge is 2.28. The number of hydrogen-bond acceptors (Lipinski definition) is 2. The molecule has 0 amide bonds. The first-order chi connectivity index (χ1) is 7.88. The van der Waals surface area contributed by atoms with Gasteiger partial charge < -0.3 is 10.4 Å². The van der Waals surface area contributed by atoms with Gasteiger partial charge in [0.1, 0.15) is 0 Å². The van der Waals surface area contributed by atoms with Gasteiger partial charge in [0.2, 0.25) is 0 Å². The van der Waals surface area contributed by atoms with Gasteiger partial charge in [-0.2, -0.15) is 0 Å². The summed E-state index contributed by atoms with van der Waals surface area (Å²) in [4.78, 5) is 11.1. The van der Waals surface area contributed by atoms with E-state index < -0.39 is 11.4 Å². The van der Waals surface area contributed by atoms with E-state index in [0.29, 0.717) is 12.5 Å². The van der Waals surface area contributed by atoms with Crippen LogP contribution in [0.5, 0.6) is 0 Å². The first-order valence-corrected chi connectivity index (χ1v) is 6.00. The van der Waals surface area contributed by atoms with Crippen LogP contribution >= 0.6 is 0 Å². The molecule has 1 aromatic carbocycles. The fraction of sp³-hybridized carbons (Fsp3) is 0.500. The van der Waals surface area contributed by atoms with Crippen molar-refractivity contribution in [3.05, 3.63) is 29.3 Å². The number of carbonyl (C=O) groups is 1. The lowest BCUT2D eigenvalue weighted by Gasteiger charge is -2.19. The molecule has 2 rings (SSSR count). The number of carboxylic acids is 1. The monoisotopic (exact) mass is 233 g/mol. The van der Waals surface area contributed by atoms with E-state index in [1.807, 2.05) is 6.07 Å². The molecule has 0 saturated heterocycles. The molecule has 1 atom stereocenters. The smallest absolute Gasteiger partial charge is 0.309 e. The zero-order chi connectivity index (χ0) is 12.6. The average molecular weight is 233 g/mol. The second-order valence-electron chi connectivity index (χ2n) is 5.61. The lowest BCUT2D eigenvalue weighted by atomic mass is 9.85. The molecule has 0 bridgehead atoms. The Balaban J connectivity index is 2.20. The number of rotatable bonds is 3. The zero-order valence-corrected chi connectivity index (χ0v) is 10.6. The first-order valence-electron chi connectivity index (χ1n) is 6.00. The van der Waals surface area contributed by atoms with Gasteiger partial charge in [0, 0.05) is 11.7 Å². The Hall–Kier alpha value is -1.51. The molecule has 92 valence electrons. The van der Waals surface area contributed by atoms with Crippen molar-refractivity contribution in [1.82, 2.24) is 0 Å². The first kappa shape index (κ1) is 12.0. The van der Waals surface area contributed by atoms with Crippen LogP contribution in [0, 0.1) is 5.41 Å². The topological polar surface area (TPSA) is 49.3 Å². The van der Waals surface area contributed by atoms with Crippen molar-refractivity contribution in [3.8, 4) is 0 Å². The van der Waals surface area contributed by atoms with Gasteiger partial charge in [-0.1, -0.05) is 12.1 Å². The third-order valence-corrected chi connectivity index (χ3v) is 3.33. The zero-order valence-electron chi connectivity index (χ0n) is 10.6. The van der Waals surface area contributed by atoms with Gasteiger partial charge in [-0.3, -0.25) is 4.79 Å². The van der Waals surface area contributed by atoms with Gasteiger partial charge in [-0.15, -0.1) is 0 Å². The van der Waals surface area contributed by atoms with Gasteiger partial charge in [0.15, 0.2) is 0 Å². The van der Waals surface area contributed by atoms with Gasteiger partial charge in [0.05, 0.1) is 5.41 Å². The number of fused-ring (bicyclic) bond motifs is 1. The summed E-state index contributed by atoms with van der Waals surface area (Å²) in [6, 6.07) is 6.72. The number of carboxylic acid groups (broad SMARTS) is 1. The van der Waals surface area contributed by atoms with Crippen LogP contribution in [0.15, 0.2) is 18.2 Å². The van der Waals surface area contributed by atoms with Gasteiger partial charge in [-0.25, -0.2) is 0 Å². The molecule has 3 nitrogen and oxygen atoms in total. The van der Waals surface area contributed by atoms with E-state index >= 15 is 0 Å². The number of nitrogens with one attached hydrogen (secondary N) is 1. The Labute approximate surface area is 102 Å². The quantitative estimate of drug-likeness (QED) is 0.844. The predicted octanol–water partition coefficient (Wildman–Crippen LogP) is 2.70. The Morgan fingerprint density at radius 1 is 1.53 bits per heavy atom. The summed E-state index contributed by atoms with van der Waals surface area (Å²) in [5.41, 5.74) is 2.86. The van der Waals surface area contributed by atoms with E-state index in [4.69, 9.17) is 5.11 Å². The average Bonchev–Trinajstić information content (AvgIpc) is 2.56. The fourth-order valence-corrected chi connectivity index (χ4v) is 2.28. The molecule has 17 heavy (non-hydrogen) atoms. The Kier molecular flexibility index (Phi) is 2.86. The Bertz CT molecular complexity index is 452. The van der Waals surface area contributed by atoms with Crippen LogP contribution in [-0.4, -0.2) is 17.1 Å². The van der Waals surface area contributed by atoms with Crippen molar-refractivity contribution in [3.63, 3.8) is 0 Å². The molecule has 1 aliphatic rings. The van der Waals surface area contributed by atoms with Crippen molar-refractivity contribution >= 4 is 11.7 Å². The molecule has 0 aromatic heterocycles. The summed E-state index contributed by atoms with van der Waals surface area (Å²) >= 11 is 0. The minimum absolute atomic E-state index is 0.479. The molecule has 1 aliphatic heterocycles. The molecule has 3 heteroatoms. The number of benzene rings is 1. The molecule has 0 fully saturated rings. The van der Waals surface area contributed by atoms with Crippen molar-refractivity contribution in [1.29, 1.82) is 0 Å². The summed E-state index contributed by atoms with van der Waals surface area (Å²) in [5, 5.41) is 12.5. The summed E-state index contributed by atoms with van der Waals surface area (Å²) in [7, 11) is 0. The minimum Gasteiger partial charge on any atom is -0.481 e. The van der Waals surface area contributed by atoms with Crippen LogP contribution in [0.4, 0.5) is 5.69 Å². The molecular weight excluding hydrogens is 214 g/mol. The molecule has 0 aliphatic carbocycles. The SMILES string of the molecule is CC1Cc2ccc(CC(C)(C)C(=O)O)cc2N1. The van der Waals surface area contributed by atoms with Crippen LogP contribution in [0.25, 0.3) is 0 Å². The van der Waals surface area contributed by atoms with Crippen molar-refractivity contribution < 1.29 is 9.90 Å². The molecule has 1 aromatic rings. The summed E-state index contributed by atoms with van der Waals surface area (Å²) in [6.07, 6.45) is 1.61. The number of aliphatic carboxylic acids is 1. The highest BCUT2D eigenvalue weighted by molar-refractivity contribution is 5.74. The van der Waals surface area contributed by atoms with Gasteiger partial charge in [-0.05, 0) is 50.8 Å². The fourth-order valence-electron chi connectivity index (χ4n) is 2.28. The summed E-state index contributed by atoms with van der Waals surface area (Å²) in [5.74, 6) is -0.751. The maximum absolute atomic E-state index is 11.1. The minimum atomic E-state index is -0.751. The van der Waals surface area contributed by atoms with Crippen LogP contribution < -0.4 is 5.32 Å². The lowest BCUT2D eigenvalue weighted by Crippen LogP contribution is -2.26. The van der Waals surface area contributed by atoms with Crippen LogP contribution in [0.1, 0.15) is 31.9 Å². The molecule has 0 saturated carbocycles. The molecule has 1 unspecified atom stereocenters. The van der Waals surface area contributed by atoms with Gasteiger partial charge in [0.25, 0.3) is 0 Å². The third-order valence-electron chi connectivity index (χ3n) is 3.33. The highest BCUT2D eigenvalue weighted by Crippen LogP contribution is 2.29. The van der Waals surface area contributed by atoms with Gasteiger partial charge >= 0.3 is 5.97 Å². The lowest BCUT2D eigenvalue weighted by molar-refractivity contribution is -0.146. The van der Waals surface area contributed by atoms with E-state index in [1.165, 1.54) is 5.56 Å². The van der Waals surface area contributed by atoms with E-state index in [0.717, 1.165) is 17.7 Å².